The summed E-state index contributed by atoms with van der Waals surface area (Å²) < 4.78 is 34.6. The van der Waals surface area contributed by atoms with E-state index < -0.39 is 42.1 Å². The molecule has 0 bridgehead atoms. The third-order valence-electron chi connectivity index (χ3n) is 3.20. The SMILES string of the molecule is CC(C)(C)OC(=O)NCC(Cn1ncn(Cc2cc(Br)cs2)c1=O)=C(F)F. The van der Waals surface area contributed by atoms with Crippen molar-refractivity contribution in [3.63, 3.8) is 0 Å². The highest BCUT2D eigenvalue weighted by atomic mass is 79.9. The van der Waals surface area contributed by atoms with E-state index in [1.807, 2.05) is 11.4 Å². The first-order valence-electron chi connectivity index (χ1n) is 7.90. The van der Waals surface area contributed by atoms with Crippen molar-refractivity contribution in [2.75, 3.05) is 6.54 Å². The average Bonchev–Trinajstić information content (AvgIpc) is 3.09. The monoisotopic (exact) mass is 464 g/mol. The molecule has 0 aliphatic carbocycles. The predicted molar refractivity (Wildman–Crippen MR) is 101 cm³/mol. The molecule has 2 aromatic heterocycles. The molecule has 0 aliphatic heterocycles. The number of nitrogens with zero attached hydrogens (tertiary/aromatic N) is 3. The highest BCUT2D eigenvalue weighted by molar-refractivity contribution is 9.10. The fraction of sp³-hybridized carbons (Fsp3) is 0.438. The molecule has 11 heteroatoms. The average molecular weight is 465 g/mol. The molecule has 0 fully saturated rings. The Morgan fingerprint density at radius 3 is 2.67 bits per heavy atom. The molecule has 7 nitrogen and oxygen atoms in total. The number of halogens is 3. The topological polar surface area (TPSA) is 78.2 Å². The summed E-state index contributed by atoms with van der Waals surface area (Å²) in [5, 5.41) is 8.01. The van der Waals surface area contributed by atoms with Crippen LogP contribution in [0.4, 0.5) is 13.6 Å². The van der Waals surface area contributed by atoms with Gasteiger partial charge in [-0.1, -0.05) is 0 Å². The number of rotatable bonds is 6. The Hall–Kier alpha value is -2.01. The summed E-state index contributed by atoms with van der Waals surface area (Å²) in [6.45, 7) is 4.40. The van der Waals surface area contributed by atoms with E-state index >= 15 is 0 Å². The van der Waals surface area contributed by atoms with Crippen molar-refractivity contribution >= 4 is 33.4 Å². The van der Waals surface area contributed by atoms with Crippen LogP contribution in [0.2, 0.25) is 0 Å². The van der Waals surface area contributed by atoms with E-state index in [0.29, 0.717) is 6.54 Å². The molecule has 0 saturated heterocycles. The van der Waals surface area contributed by atoms with Crippen molar-refractivity contribution < 1.29 is 18.3 Å². The van der Waals surface area contributed by atoms with Crippen molar-refractivity contribution in [3.05, 3.63) is 49.3 Å². The minimum absolute atomic E-state index is 0.294. The Morgan fingerprint density at radius 1 is 1.41 bits per heavy atom. The Balaban J connectivity index is 2.04. The van der Waals surface area contributed by atoms with Crippen molar-refractivity contribution in [2.45, 2.75) is 39.5 Å². The van der Waals surface area contributed by atoms with Gasteiger partial charge in [0.25, 0.3) is 6.08 Å². The second-order valence-electron chi connectivity index (χ2n) is 6.65. The molecular formula is C16H19BrF2N4O3S. The van der Waals surface area contributed by atoms with E-state index in [4.69, 9.17) is 4.74 Å². The van der Waals surface area contributed by atoms with Gasteiger partial charge in [0, 0.05) is 26.8 Å². The molecule has 0 atom stereocenters. The molecule has 0 aromatic carbocycles. The van der Waals surface area contributed by atoms with E-state index in [1.165, 1.54) is 22.2 Å². The van der Waals surface area contributed by atoms with Crippen molar-refractivity contribution in [3.8, 4) is 0 Å². The molecule has 0 radical (unpaired) electrons. The molecular weight excluding hydrogens is 446 g/mol. The highest BCUT2D eigenvalue weighted by Gasteiger charge is 2.18. The third kappa shape index (κ3) is 6.58. The largest absolute Gasteiger partial charge is 0.444 e. The number of nitrogens with one attached hydrogen (secondary N) is 1. The zero-order valence-corrected chi connectivity index (χ0v) is 17.4. The standard InChI is InChI=1S/C16H19BrF2N4O3S/c1-16(2,3)26-14(24)20-5-10(13(18)19)6-23-15(25)22(9-21-23)7-12-4-11(17)8-27-12/h4,8-9H,5-7H2,1-3H3,(H,20,24). The maximum Gasteiger partial charge on any atom is 0.407 e. The molecule has 148 valence electrons. The van der Waals surface area contributed by atoms with Crippen LogP contribution >= 0.6 is 27.3 Å². The normalized spacial score (nSPS) is 11.3. The fourth-order valence-corrected chi connectivity index (χ4v) is 3.50. The van der Waals surface area contributed by atoms with E-state index in [-0.39, 0.29) is 0 Å². The Kier molecular flexibility index (Phi) is 6.93. The second-order valence-corrected chi connectivity index (χ2v) is 8.56. The predicted octanol–water partition coefficient (Wildman–Crippen LogP) is 3.59. The number of amides is 1. The van der Waals surface area contributed by atoms with Crippen molar-refractivity contribution in [1.82, 2.24) is 19.7 Å². The molecule has 2 heterocycles. The summed E-state index contributed by atoms with van der Waals surface area (Å²) in [7, 11) is 0. The van der Waals surface area contributed by atoms with Gasteiger partial charge in [-0.05, 0) is 42.8 Å². The maximum atomic E-state index is 13.2. The van der Waals surface area contributed by atoms with Crippen molar-refractivity contribution in [1.29, 1.82) is 0 Å². The van der Waals surface area contributed by atoms with Gasteiger partial charge in [0.05, 0.1) is 13.1 Å². The van der Waals surface area contributed by atoms with Gasteiger partial charge in [0.2, 0.25) is 0 Å². The van der Waals surface area contributed by atoms with Gasteiger partial charge in [-0.3, -0.25) is 4.57 Å². The van der Waals surface area contributed by atoms with Crippen LogP contribution < -0.4 is 11.0 Å². The van der Waals surface area contributed by atoms with Crippen LogP contribution in [0.25, 0.3) is 0 Å². The molecule has 0 unspecified atom stereocenters. The number of thiophene rings is 1. The van der Waals surface area contributed by atoms with E-state index in [0.717, 1.165) is 14.0 Å². The summed E-state index contributed by atoms with van der Waals surface area (Å²) in [6.07, 6.45) is -1.50. The summed E-state index contributed by atoms with van der Waals surface area (Å²) >= 11 is 4.80. The van der Waals surface area contributed by atoms with E-state index in [1.54, 1.807) is 20.8 Å². The third-order valence-corrected chi connectivity index (χ3v) is 4.88. The van der Waals surface area contributed by atoms with Crippen LogP contribution in [0.5, 0.6) is 0 Å². The molecule has 1 N–H and O–H groups in total. The molecule has 0 spiro atoms. The molecule has 0 saturated carbocycles. The summed E-state index contributed by atoms with van der Waals surface area (Å²) in [4.78, 5) is 24.9. The number of hydrogen-bond donors (Lipinski definition) is 1. The summed E-state index contributed by atoms with van der Waals surface area (Å²) in [6, 6.07) is 1.87. The lowest BCUT2D eigenvalue weighted by Gasteiger charge is -2.19. The summed E-state index contributed by atoms with van der Waals surface area (Å²) in [5.74, 6) is 0. The molecule has 0 aliphatic rings. The van der Waals surface area contributed by atoms with Gasteiger partial charge >= 0.3 is 11.8 Å². The van der Waals surface area contributed by atoms with Crippen LogP contribution in [0, 0.1) is 0 Å². The number of hydrogen-bond acceptors (Lipinski definition) is 5. The first-order chi connectivity index (χ1) is 12.5. The number of carbonyl (C=O) groups is 1. The fourth-order valence-electron chi connectivity index (χ4n) is 2.05. The van der Waals surface area contributed by atoms with Gasteiger partial charge < -0.3 is 10.1 Å². The summed E-state index contributed by atoms with van der Waals surface area (Å²) in [5.41, 5.74) is -1.68. The van der Waals surface area contributed by atoms with E-state index in [9.17, 15) is 18.4 Å². The van der Waals surface area contributed by atoms with Gasteiger partial charge in [-0.2, -0.15) is 13.9 Å². The van der Waals surface area contributed by atoms with Gasteiger partial charge in [-0.25, -0.2) is 14.3 Å². The zero-order valence-electron chi connectivity index (χ0n) is 15.0. The lowest BCUT2D eigenvalue weighted by atomic mass is 10.2. The van der Waals surface area contributed by atoms with Gasteiger partial charge in [0.15, 0.2) is 0 Å². The first kappa shape index (κ1) is 21.3. The minimum Gasteiger partial charge on any atom is -0.444 e. The first-order valence-corrected chi connectivity index (χ1v) is 9.57. The lowest BCUT2D eigenvalue weighted by molar-refractivity contribution is 0.0531. The quantitative estimate of drug-likeness (QED) is 0.708. The molecule has 2 rings (SSSR count). The van der Waals surface area contributed by atoms with Crippen molar-refractivity contribution in [2.24, 2.45) is 0 Å². The number of carbonyl (C=O) groups excluding carboxylic acids is 1. The van der Waals surface area contributed by atoms with Crippen LogP contribution in [-0.2, 0) is 17.8 Å². The number of ether oxygens (including phenoxy) is 1. The van der Waals surface area contributed by atoms with Gasteiger partial charge in [0.1, 0.15) is 11.9 Å². The lowest BCUT2D eigenvalue weighted by Crippen LogP contribution is -2.35. The van der Waals surface area contributed by atoms with E-state index in [2.05, 4.69) is 26.3 Å². The van der Waals surface area contributed by atoms with Crippen LogP contribution in [0.1, 0.15) is 25.6 Å². The minimum atomic E-state index is -1.98. The van der Waals surface area contributed by atoms with Crippen LogP contribution in [-0.4, -0.2) is 32.6 Å². The van der Waals surface area contributed by atoms with Crippen LogP contribution in [0.3, 0.4) is 0 Å². The van der Waals surface area contributed by atoms with Gasteiger partial charge in [-0.15, -0.1) is 11.3 Å². The maximum absolute atomic E-state index is 13.2. The second kappa shape index (κ2) is 8.79. The Bertz CT molecular complexity index is 894. The Labute approximate surface area is 166 Å². The molecule has 27 heavy (non-hydrogen) atoms. The smallest absolute Gasteiger partial charge is 0.407 e. The molecule has 2 aromatic rings. The Morgan fingerprint density at radius 2 is 2.11 bits per heavy atom. The zero-order chi connectivity index (χ0) is 20.2. The highest BCUT2D eigenvalue weighted by Crippen LogP contribution is 2.20. The number of aromatic nitrogens is 3. The number of alkyl carbamates (subject to hydrolysis) is 1. The molecule has 1 amide bonds. The van der Waals surface area contributed by atoms with Crippen LogP contribution in [0.15, 0.2) is 38.7 Å².